The van der Waals surface area contributed by atoms with Crippen LogP contribution in [0.3, 0.4) is 0 Å². The quantitative estimate of drug-likeness (QED) is 0.494. The second kappa shape index (κ2) is 13.1. The molecule has 0 spiro atoms. The summed E-state index contributed by atoms with van der Waals surface area (Å²) in [6.07, 6.45) is 13.5. The molecule has 108 valence electrons. The fourth-order valence-corrected chi connectivity index (χ4v) is 2.44. The van der Waals surface area contributed by atoms with Crippen molar-refractivity contribution >= 4 is 5.78 Å². The monoisotopic (exact) mass is 255 g/mol. The molecule has 0 aromatic carbocycles. The van der Waals surface area contributed by atoms with Gasteiger partial charge in [0.2, 0.25) is 0 Å². The molecule has 0 aliphatic heterocycles. The zero-order valence-corrected chi connectivity index (χ0v) is 12.5. The SMILES string of the molecule is CCCCCCCC(CCCCCC)C(=O)CN. The summed E-state index contributed by atoms with van der Waals surface area (Å²) in [4.78, 5) is 11.8. The van der Waals surface area contributed by atoms with Crippen LogP contribution >= 0.6 is 0 Å². The number of Topliss-reactive ketones (excluding diaryl/α,β-unsaturated/α-hetero) is 1. The van der Waals surface area contributed by atoms with E-state index in [0.29, 0.717) is 0 Å². The third-order valence-electron chi connectivity index (χ3n) is 3.72. The van der Waals surface area contributed by atoms with E-state index in [-0.39, 0.29) is 18.2 Å². The van der Waals surface area contributed by atoms with Gasteiger partial charge in [-0.2, -0.15) is 0 Å². The average molecular weight is 255 g/mol. The lowest BCUT2D eigenvalue weighted by Gasteiger charge is -2.14. The Bertz CT molecular complexity index is 192. The van der Waals surface area contributed by atoms with E-state index in [2.05, 4.69) is 13.8 Å². The highest BCUT2D eigenvalue weighted by Crippen LogP contribution is 2.19. The Balaban J connectivity index is 3.74. The molecule has 2 nitrogen and oxygen atoms in total. The Kier molecular flexibility index (Phi) is 12.8. The van der Waals surface area contributed by atoms with Crippen LogP contribution in [-0.2, 0) is 4.79 Å². The number of hydrogen-bond acceptors (Lipinski definition) is 2. The highest BCUT2D eigenvalue weighted by atomic mass is 16.1. The maximum absolute atomic E-state index is 11.8. The summed E-state index contributed by atoms with van der Waals surface area (Å²) < 4.78 is 0. The van der Waals surface area contributed by atoms with Crippen molar-refractivity contribution in [2.45, 2.75) is 84.5 Å². The molecule has 1 atom stereocenters. The normalized spacial score (nSPS) is 12.6. The Morgan fingerprint density at radius 1 is 0.833 bits per heavy atom. The Morgan fingerprint density at radius 2 is 1.28 bits per heavy atom. The molecule has 0 saturated carbocycles. The summed E-state index contributed by atoms with van der Waals surface area (Å²) in [6.45, 7) is 4.68. The summed E-state index contributed by atoms with van der Waals surface area (Å²) in [5.74, 6) is 0.524. The number of hydrogen-bond donors (Lipinski definition) is 1. The van der Waals surface area contributed by atoms with Crippen molar-refractivity contribution in [1.29, 1.82) is 0 Å². The number of carbonyl (C=O) groups excluding carboxylic acids is 1. The predicted molar refractivity (Wildman–Crippen MR) is 79.7 cm³/mol. The zero-order chi connectivity index (χ0) is 13.6. The van der Waals surface area contributed by atoms with Crippen LogP contribution in [0, 0.1) is 5.92 Å². The summed E-state index contributed by atoms with van der Waals surface area (Å²) in [6, 6.07) is 0. The Labute approximate surface area is 114 Å². The molecule has 0 amide bonds. The van der Waals surface area contributed by atoms with Gasteiger partial charge in [-0.1, -0.05) is 71.6 Å². The third kappa shape index (κ3) is 9.64. The minimum Gasteiger partial charge on any atom is -0.324 e. The van der Waals surface area contributed by atoms with Crippen molar-refractivity contribution in [3.8, 4) is 0 Å². The highest BCUT2D eigenvalue weighted by molar-refractivity contribution is 5.82. The Morgan fingerprint density at radius 3 is 1.72 bits per heavy atom. The van der Waals surface area contributed by atoms with E-state index in [1.807, 2.05) is 0 Å². The van der Waals surface area contributed by atoms with E-state index in [9.17, 15) is 4.79 Å². The molecular formula is C16H33NO. The first kappa shape index (κ1) is 17.6. The minimum absolute atomic E-state index is 0.230. The topological polar surface area (TPSA) is 43.1 Å². The van der Waals surface area contributed by atoms with Crippen molar-refractivity contribution in [1.82, 2.24) is 0 Å². The van der Waals surface area contributed by atoms with Gasteiger partial charge in [0.05, 0.1) is 6.54 Å². The molecule has 18 heavy (non-hydrogen) atoms. The van der Waals surface area contributed by atoms with Crippen LogP contribution in [0.1, 0.15) is 84.5 Å². The number of ketones is 1. The van der Waals surface area contributed by atoms with Crippen molar-refractivity contribution in [2.24, 2.45) is 11.7 Å². The van der Waals surface area contributed by atoms with Gasteiger partial charge in [0.25, 0.3) is 0 Å². The highest BCUT2D eigenvalue weighted by Gasteiger charge is 2.15. The molecule has 0 saturated heterocycles. The standard InChI is InChI=1S/C16H33NO/c1-3-5-7-9-11-13-15(16(18)14-17)12-10-8-6-4-2/h15H,3-14,17H2,1-2H3. The van der Waals surface area contributed by atoms with E-state index in [1.54, 1.807) is 0 Å². The minimum atomic E-state index is 0.230. The second-order valence-corrected chi connectivity index (χ2v) is 5.42. The second-order valence-electron chi connectivity index (χ2n) is 5.42. The molecule has 0 fully saturated rings. The fourth-order valence-electron chi connectivity index (χ4n) is 2.44. The maximum atomic E-state index is 11.8. The molecule has 0 aliphatic carbocycles. The largest absolute Gasteiger partial charge is 0.324 e. The number of carbonyl (C=O) groups is 1. The summed E-state index contributed by atoms with van der Waals surface area (Å²) >= 11 is 0. The van der Waals surface area contributed by atoms with Gasteiger partial charge < -0.3 is 5.73 Å². The number of unbranched alkanes of at least 4 members (excludes halogenated alkanes) is 7. The van der Waals surface area contributed by atoms with E-state index < -0.39 is 0 Å². The average Bonchev–Trinajstić information content (AvgIpc) is 2.40. The van der Waals surface area contributed by atoms with Gasteiger partial charge in [0, 0.05) is 5.92 Å². The Hall–Kier alpha value is -0.370. The van der Waals surface area contributed by atoms with Crippen LogP contribution in [0.2, 0.25) is 0 Å². The van der Waals surface area contributed by atoms with Gasteiger partial charge in [-0.25, -0.2) is 0 Å². The van der Waals surface area contributed by atoms with E-state index >= 15 is 0 Å². The summed E-state index contributed by atoms with van der Waals surface area (Å²) in [7, 11) is 0. The van der Waals surface area contributed by atoms with Gasteiger partial charge in [-0.15, -0.1) is 0 Å². The van der Waals surface area contributed by atoms with E-state index in [4.69, 9.17) is 5.73 Å². The first-order valence-electron chi connectivity index (χ1n) is 7.99. The van der Waals surface area contributed by atoms with Crippen LogP contribution in [0.4, 0.5) is 0 Å². The van der Waals surface area contributed by atoms with E-state index in [0.717, 1.165) is 12.8 Å². The van der Waals surface area contributed by atoms with E-state index in [1.165, 1.54) is 57.8 Å². The number of rotatable bonds is 13. The molecule has 1 unspecified atom stereocenters. The van der Waals surface area contributed by atoms with Crippen LogP contribution < -0.4 is 5.73 Å². The maximum Gasteiger partial charge on any atom is 0.149 e. The van der Waals surface area contributed by atoms with Gasteiger partial charge >= 0.3 is 0 Å². The smallest absolute Gasteiger partial charge is 0.149 e. The molecular weight excluding hydrogens is 222 g/mol. The van der Waals surface area contributed by atoms with Crippen LogP contribution in [0.15, 0.2) is 0 Å². The molecule has 0 aromatic rings. The van der Waals surface area contributed by atoms with Crippen LogP contribution in [0.25, 0.3) is 0 Å². The molecule has 0 radical (unpaired) electrons. The fraction of sp³-hybridized carbons (Fsp3) is 0.938. The molecule has 0 aromatic heterocycles. The lowest BCUT2D eigenvalue weighted by atomic mass is 9.91. The lowest BCUT2D eigenvalue weighted by molar-refractivity contribution is -0.122. The van der Waals surface area contributed by atoms with Crippen LogP contribution in [0.5, 0.6) is 0 Å². The van der Waals surface area contributed by atoms with Crippen molar-refractivity contribution < 1.29 is 4.79 Å². The molecule has 0 rings (SSSR count). The van der Waals surface area contributed by atoms with Gasteiger partial charge in [0.1, 0.15) is 5.78 Å². The molecule has 0 bridgehead atoms. The molecule has 2 N–H and O–H groups in total. The van der Waals surface area contributed by atoms with Crippen LogP contribution in [-0.4, -0.2) is 12.3 Å². The first-order valence-corrected chi connectivity index (χ1v) is 7.99. The first-order chi connectivity index (χ1) is 8.76. The van der Waals surface area contributed by atoms with Crippen molar-refractivity contribution in [3.63, 3.8) is 0 Å². The van der Waals surface area contributed by atoms with Gasteiger partial charge in [-0.05, 0) is 12.8 Å². The summed E-state index contributed by atoms with van der Waals surface area (Å²) in [5.41, 5.74) is 5.51. The molecule has 0 heterocycles. The lowest BCUT2D eigenvalue weighted by Crippen LogP contribution is -2.23. The summed E-state index contributed by atoms with van der Waals surface area (Å²) in [5, 5.41) is 0. The third-order valence-corrected chi connectivity index (χ3v) is 3.72. The number of nitrogens with two attached hydrogens (primary N) is 1. The van der Waals surface area contributed by atoms with Crippen molar-refractivity contribution in [2.75, 3.05) is 6.54 Å². The molecule has 2 heteroatoms. The zero-order valence-electron chi connectivity index (χ0n) is 12.5. The molecule has 0 aliphatic rings. The van der Waals surface area contributed by atoms with Crippen molar-refractivity contribution in [3.05, 3.63) is 0 Å². The predicted octanol–water partition coefficient (Wildman–Crippen LogP) is 4.46. The van der Waals surface area contributed by atoms with Gasteiger partial charge in [0.15, 0.2) is 0 Å². The van der Waals surface area contributed by atoms with Gasteiger partial charge in [-0.3, -0.25) is 4.79 Å².